The second-order valence-electron chi connectivity index (χ2n) is 6.05. The first-order valence-electron chi connectivity index (χ1n) is 8.51. The molecule has 3 aromatic rings. The average molecular weight is 383 g/mol. The largest absolute Gasteiger partial charge is 0.352 e. The molecule has 0 radical (unpaired) electrons. The maximum absolute atomic E-state index is 12.3. The van der Waals surface area contributed by atoms with Crippen molar-refractivity contribution in [1.29, 1.82) is 0 Å². The molecule has 3 aromatic heterocycles. The molecule has 4 rings (SSSR count). The number of thiazole rings is 1. The number of anilines is 1. The van der Waals surface area contributed by atoms with Gasteiger partial charge in [0, 0.05) is 36.7 Å². The summed E-state index contributed by atoms with van der Waals surface area (Å²) in [5, 5.41) is 9.45. The van der Waals surface area contributed by atoms with Gasteiger partial charge >= 0.3 is 0 Å². The van der Waals surface area contributed by atoms with Crippen LogP contribution in [0.25, 0.3) is 5.82 Å². The Bertz CT molecular complexity index is 954. The van der Waals surface area contributed by atoms with Gasteiger partial charge in [-0.15, -0.1) is 11.3 Å². The van der Waals surface area contributed by atoms with Gasteiger partial charge in [0.15, 0.2) is 10.9 Å². The van der Waals surface area contributed by atoms with Crippen molar-refractivity contribution in [1.82, 2.24) is 30.0 Å². The molecule has 10 heteroatoms. The Hall–Kier alpha value is -3.14. The van der Waals surface area contributed by atoms with Gasteiger partial charge in [-0.05, 0) is 12.5 Å². The number of nitrogens with one attached hydrogen (secondary N) is 1. The van der Waals surface area contributed by atoms with E-state index in [0.29, 0.717) is 36.2 Å². The van der Waals surface area contributed by atoms with Crippen molar-refractivity contribution in [2.75, 3.05) is 11.4 Å². The van der Waals surface area contributed by atoms with Crippen LogP contribution in [0.3, 0.4) is 0 Å². The number of hydrogen-bond acceptors (Lipinski definition) is 7. The molecule has 1 N–H and O–H groups in total. The molecule has 1 fully saturated rings. The fourth-order valence-electron chi connectivity index (χ4n) is 2.86. The molecule has 138 valence electrons. The first kappa shape index (κ1) is 17.3. The van der Waals surface area contributed by atoms with Crippen LogP contribution >= 0.6 is 11.3 Å². The number of hydrogen-bond donors (Lipinski definition) is 1. The molecule has 4 heterocycles. The van der Waals surface area contributed by atoms with Gasteiger partial charge in [0.1, 0.15) is 12.7 Å². The van der Waals surface area contributed by atoms with Crippen LogP contribution in [0, 0.1) is 0 Å². The van der Waals surface area contributed by atoms with E-state index in [1.54, 1.807) is 22.1 Å². The molecule has 1 aliphatic heterocycles. The van der Waals surface area contributed by atoms with Gasteiger partial charge in [-0.25, -0.2) is 19.6 Å². The maximum Gasteiger partial charge on any atom is 0.228 e. The van der Waals surface area contributed by atoms with E-state index in [4.69, 9.17) is 0 Å². The summed E-state index contributed by atoms with van der Waals surface area (Å²) in [7, 11) is 0. The number of aromatic nitrogens is 5. The van der Waals surface area contributed by atoms with E-state index in [2.05, 4.69) is 25.4 Å². The zero-order chi connectivity index (χ0) is 18.6. The summed E-state index contributed by atoms with van der Waals surface area (Å²) in [6.07, 6.45) is 6.24. The van der Waals surface area contributed by atoms with Crippen LogP contribution in [-0.4, -0.2) is 43.1 Å². The standard InChI is InChI=1S/C17H17N7O2S/c25-14(7-13-9-27-17(22-13)23-6-2-4-15(23)26)20-8-12-3-1-5-19-16(12)24-11-18-10-21-24/h1,3,5,9-11H,2,4,6-8H2,(H,20,25). The molecule has 1 saturated heterocycles. The molecule has 1 aliphatic rings. The van der Waals surface area contributed by atoms with Crippen molar-refractivity contribution in [2.45, 2.75) is 25.8 Å². The Labute approximate surface area is 159 Å². The number of carbonyl (C=O) groups is 2. The highest BCUT2D eigenvalue weighted by molar-refractivity contribution is 7.14. The van der Waals surface area contributed by atoms with E-state index in [-0.39, 0.29) is 18.2 Å². The van der Waals surface area contributed by atoms with Crippen LogP contribution in [0.2, 0.25) is 0 Å². The fourth-order valence-corrected chi connectivity index (χ4v) is 3.73. The van der Waals surface area contributed by atoms with E-state index in [9.17, 15) is 9.59 Å². The molecule has 0 unspecified atom stereocenters. The molecular weight excluding hydrogens is 366 g/mol. The lowest BCUT2D eigenvalue weighted by molar-refractivity contribution is -0.120. The Morgan fingerprint density at radius 3 is 3.07 bits per heavy atom. The summed E-state index contributed by atoms with van der Waals surface area (Å²) in [6.45, 7) is 1.02. The van der Waals surface area contributed by atoms with Crippen molar-refractivity contribution in [3.63, 3.8) is 0 Å². The van der Waals surface area contributed by atoms with E-state index in [1.165, 1.54) is 17.7 Å². The molecule has 2 amide bonds. The quantitative estimate of drug-likeness (QED) is 0.683. The molecule has 0 aliphatic carbocycles. The molecule has 27 heavy (non-hydrogen) atoms. The highest BCUT2D eigenvalue weighted by Gasteiger charge is 2.24. The molecule has 0 atom stereocenters. The Morgan fingerprint density at radius 1 is 1.37 bits per heavy atom. The van der Waals surface area contributed by atoms with Crippen LogP contribution in [0.1, 0.15) is 24.1 Å². The number of amides is 2. The van der Waals surface area contributed by atoms with Crippen LogP contribution in [-0.2, 0) is 22.6 Å². The van der Waals surface area contributed by atoms with Gasteiger partial charge in [-0.3, -0.25) is 14.5 Å². The average Bonchev–Trinajstić information content (AvgIpc) is 3.42. The van der Waals surface area contributed by atoms with Crippen molar-refractivity contribution >= 4 is 28.3 Å². The van der Waals surface area contributed by atoms with Crippen LogP contribution in [0.15, 0.2) is 36.4 Å². The van der Waals surface area contributed by atoms with Gasteiger partial charge in [0.2, 0.25) is 11.8 Å². The number of rotatable bonds is 6. The summed E-state index contributed by atoms with van der Waals surface area (Å²) >= 11 is 1.39. The van der Waals surface area contributed by atoms with Crippen LogP contribution in [0.5, 0.6) is 0 Å². The van der Waals surface area contributed by atoms with Crippen molar-refractivity contribution in [3.05, 3.63) is 47.6 Å². The monoisotopic (exact) mass is 383 g/mol. The van der Waals surface area contributed by atoms with Crippen molar-refractivity contribution in [2.24, 2.45) is 0 Å². The smallest absolute Gasteiger partial charge is 0.228 e. The summed E-state index contributed by atoms with van der Waals surface area (Å²) in [4.78, 5) is 38.4. The minimum atomic E-state index is -0.145. The normalized spacial score (nSPS) is 13.9. The lowest BCUT2D eigenvalue weighted by Crippen LogP contribution is -2.26. The van der Waals surface area contributed by atoms with E-state index in [0.717, 1.165) is 12.0 Å². The highest BCUT2D eigenvalue weighted by atomic mass is 32.1. The van der Waals surface area contributed by atoms with Gasteiger partial charge in [-0.2, -0.15) is 5.10 Å². The Morgan fingerprint density at radius 2 is 2.30 bits per heavy atom. The van der Waals surface area contributed by atoms with Gasteiger partial charge < -0.3 is 5.32 Å². The molecule has 0 spiro atoms. The lowest BCUT2D eigenvalue weighted by Gasteiger charge is -2.10. The molecule has 0 aromatic carbocycles. The second kappa shape index (κ2) is 7.62. The highest BCUT2D eigenvalue weighted by Crippen LogP contribution is 2.25. The van der Waals surface area contributed by atoms with Crippen molar-refractivity contribution < 1.29 is 9.59 Å². The van der Waals surface area contributed by atoms with E-state index >= 15 is 0 Å². The summed E-state index contributed by atoms with van der Waals surface area (Å²) in [5.41, 5.74) is 1.49. The van der Waals surface area contributed by atoms with Gasteiger partial charge in [0.05, 0.1) is 12.1 Å². The van der Waals surface area contributed by atoms with Crippen LogP contribution in [0.4, 0.5) is 5.13 Å². The zero-order valence-corrected chi connectivity index (χ0v) is 15.2. The predicted octanol–water partition coefficient (Wildman–Crippen LogP) is 1.10. The van der Waals surface area contributed by atoms with Crippen molar-refractivity contribution in [3.8, 4) is 5.82 Å². The Balaban J connectivity index is 1.37. The first-order valence-corrected chi connectivity index (χ1v) is 9.39. The molecule has 9 nitrogen and oxygen atoms in total. The SMILES string of the molecule is O=C(Cc1csc(N2CCCC2=O)n1)NCc1cccnc1-n1cncn1. The zero-order valence-electron chi connectivity index (χ0n) is 14.4. The molecular formula is C17H17N7O2S. The summed E-state index contributed by atoms with van der Waals surface area (Å²) in [6, 6.07) is 3.69. The van der Waals surface area contributed by atoms with Crippen LogP contribution < -0.4 is 10.2 Å². The topological polar surface area (TPSA) is 106 Å². The minimum absolute atomic E-state index is 0.0950. The minimum Gasteiger partial charge on any atom is -0.352 e. The van der Waals surface area contributed by atoms with E-state index in [1.807, 2.05) is 17.5 Å². The second-order valence-corrected chi connectivity index (χ2v) is 6.89. The third kappa shape index (κ3) is 3.85. The number of carbonyl (C=O) groups excluding carboxylic acids is 2. The summed E-state index contributed by atoms with van der Waals surface area (Å²) < 4.78 is 1.56. The fraction of sp³-hybridized carbons (Fsp3) is 0.294. The van der Waals surface area contributed by atoms with Gasteiger partial charge in [-0.1, -0.05) is 6.07 Å². The third-order valence-electron chi connectivity index (χ3n) is 4.16. The maximum atomic E-state index is 12.3. The molecule has 0 bridgehead atoms. The van der Waals surface area contributed by atoms with E-state index < -0.39 is 0 Å². The first-order chi connectivity index (χ1) is 13.2. The van der Waals surface area contributed by atoms with Gasteiger partial charge in [0.25, 0.3) is 0 Å². The summed E-state index contributed by atoms with van der Waals surface area (Å²) in [5.74, 6) is 0.573. The Kier molecular flexibility index (Phi) is 4.88. The number of nitrogens with zero attached hydrogens (tertiary/aromatic N) is 6. The lowest BCUT2D eigenvalue weighted by atomic mass is 10.2. The predicted molar refractivity (Wildman–Crippen MR) is 98.4 cm³/mol. The number of pyridine rings is 1. The third-order valence-corrected chi connectivity index (χ3v) is 5.08. The molecule has 0 saturated carbocycles.